The van der Waals surface area contributed by atoms with Crippen molar-refractivity contribution in [1.82, 2.24) is 0 Å². The predicted molar refractivity (Wildman–Crippen MR) is 133 cm³/mol. The predicted octanol–water partition coefficient (Wildman–Crippen LogP) is 5.41. The molecule has 0 saturated carbocycles. The summed E-state index contributed by atoms with van der Waals surface area (Å²) in [6, 6.07) is 22.6. The lowest BCUT2D eigenvalue weighted by atomic mass is 9.90. The Labute approximate surface area is 205 Å². The van der Waals surface area contributed by atoms with E-state index in [0.717, 1.165) is 23.1 Å². The van der Waals surface area contributed by atoms with Crippen LogP contribution in [0, 0.1) is 0 Å². The molecule has 0 unspecified atom stereocenters. The first-order chi connectivity index (χ1) is 17.1. The highest BCUT2D eigenvalue weighted by Gasteiger charge is 2.30. The second-order valence-corrected chi connectivity index (χ2v) is 8.84. The summed E-state index contributed by atoms with van der Waals surface area (Å²) >= 11 is 0. The summed E-state index contributed by atoms with van der Waals surface area (Å²) in [4.78, 5) is 12.6. The molecule has 5 rings (SSSR count). The molecule has 178 valence electrons. The first kappa shape index (κ1) is 23.1. The van der Waals surface area contributed by atoms with Crippen molar-refractivity contribution < 1.29 is 24.1 Å². The van der Waals surface area contributed by atoms with Gasteiger partial charge in [-0.25, -0.2) is 4.79 Å². The van der Waals surface area contributed by atoms with E-state index >= 15 is 0 Å². The average molecular weight is 469 g/mol. The lowest BCUT2D eigenvalue weighted by Crippen LogP contribution is -2.27. The summed E-state index contributed by atoms with van der Waals surface area (Å²) in [5, 5.41) is 9.24. The number of hydrogen-bond donors (Lipinski definition) is 1. The van der Waals surface area contributed by atoms with Gasteiger partial charge in [-0.2, -0.15) is 0 Å². The minimum Gasteiger partial charge on any atom is -0.458 e. The number of ether oxygens (including phenoxy) is 3. The quantitative estimate of drug-likeness (QED) is 0.277. The topological polar surface area (TPSA) is 65.0 Å². The number of allylic oxidation sites excluding steroid dienone is 1. The Morgan fingerprint density at radius 1 is 1.03 bits per heavy atom. The van der Waals surface area contributed by atoms with Crippen LogP contribution in [-0.2, 0) is 38.6 Å². The molecule has 0 saturated heterocycles. The molecule has 0 spiro atoms. The van der Waals surface area contributed by atoms with Crippen molar-refractivity contribution in [2.75, 3.05) is 6.61 Å². The van der Waals surface area contributed by atoms with Crippen LogP contribution in [0.2, 0.25) is 0 Å². The molecule has 0 aromatic heterocycles. The number of carbonyl (C=O) groups is 1. The Morgan fingerprint density at radius 3 is 2.60 bits per heavy atom. The Hall–Kier alpha value is -3.67. The molecule has 1 aliphatic heterocycles. The number of fused-ring (bicyclic) bond motifs is 3. The zero-order chi connectivity index (χ0) is 24.2. The lowest BCUT2D eigenvalue weighted by molar-refractivity contribution is -0.163. The minimum absolute atomic E-state index is 0.00138. The normalized spacial score (nSPS) is 18.1. The second kappa shape index (κ2) is 10.3. The van der Waals surface area contributed by atoms with E-state index in [1.165, 1.54) is 28.3 Å². The molecule has 2 aliphatic rings. The Bertz CT molecular complexity index is 1260. The van der Waals surface area contributed by atoms with Gasteiger partial charge in [-0.3, -0.25) is 0 Å². The van der Waals surface area contributed by atoms with E-state index in [9.17, 15) is 9.90 Å². The summed E-state index contributed by atoms with van der Waals surface area (Å²) in [5.41, 5.74) is 8.11. The highest BCUT2D eigenvalue weighted by Crippen LogP contribution is 2.40. The van der Waals surface area contributed by atoms with Crippen molar-refractivity contribution in [3.63, 3.8) is 0 Å². The summed E-state index contributed by atoms with van der Waals surface area (Å²) in [7, 11) is 0. The van der Waals surface area contributed by atoms with E-state index in [1.807, 2.05) is 30.3 Å². The number of esters is 1. The number of aliphatic hydroxyl groups excluding tert-OH is 1. The number of aliphatic hydroxyl groups is 1. The van der Waals surface area contributed by atoms with Gasteiger partial charge >= 0.3 is 5.97 Å². The van der Waals surface area contributed by atoms with Crippen molar-refractivity contribution >= 4 is 5.97 Å². The van der Waals surface area contributed by atoms with Crippen LogP contribution in [0.15, 0.2) is 91.2 Å². The van der Waals surface area contributed by atoms with E-state index in [2.05, 4.69) is 49.0 Å². The van der Waals surface area contributed by atoms with E-state index in [0.29, 0.717) is 13.0 Å². The average Bonchev–Trinajstić information content (AvgIpc) is 3.28. The Morgan fingerprint density at radius 2 is 1.80 bits per heavy atom. The van der Waals surface area contributed by atoms with Crippen LogP contribution in [0.5, 0.6) is 0 Å². The van der Waals surface area contributed by atoms with Gasteiger partial charge in [0.1, 0.15) is 6.61 Å². The summed E-state index contributed by atoms with van der Waals surface area (Å²) in [6.45, 7) is 4.05. The molecule has 3 aromatic carbocycles. The lowest BCUT2D eigenvalue weighted by Gasteiger charge is -2.29. The molecule has 5 heteroatoms. The molecule has 35 heavy (non-hydrogen) atoms. The molecular formula is C30H28O5. The van der Waals surface area contributed by atoms with Gasteiger partial charge in [0, 0.05) is 12.3 Å². The smallest absolute Gasteiger partial charge is 0.373 e. The van der Waals surface area contributed by atoms with Crippen LogP contribution in [0.1, 0.15) is 40.2 Å². The van der Waals surface area contributed by atoms with Crippen LogP contribution >= 0.6 is 0 Å². The molecule has 0 bridgehead atoms. The molecule has 5 nitrogen and oxygen atoms in total. The zero-order valence-electron chi connectivity index (χ0n) is 19.5. The third-order valence-electron chi connectivity index (χ3n) is 6.48. The molecule has 0 fully saturated rings. The fourth-order valence-electron chi connectivity index (χ4n) is 4.67. The van der Waals surface area contributed by atoms with E-state index in [-0.39, 0.29) is 24.9 Å². The van der Waals surface area contributed by atoms with Gasteiger partial charge in [0.05, 0.1) is 13.2 Å². The SMILES string of the molecule is C=CCOC(=O)C1=C[C@@H](c2ccc3c(c2)Cc2ccccc2-3)C[C@@H](OCc2ccc(CO)cc2)O1. The molecule has 3 aromatic rings. The van der Waals surface area contributed by atoms with Gasteiger partial charge in [-0.1, -0.05) is 79.4 Å². The third kappa shape index (κ3) is 5.06. The molecule has 1 heterocycles. The maximum absolute atomic E-state index is 12.6. The minimum atomic E-state index is -0.598. The second-order valence-electron chi connectivity index (χ2n) is 8.84. The van der Waals surface area contributed by atoms with Crippen LogP contribution in [-0.4, -0.2) is 24.0 Å². The first-order valence-corrected chi connectivity index (χ1v) is 11.8. The van der Waals surface area contributed by atoms with Crippen LogP contribution < -0.4 is 0 Å². The van der Waals surface area contributed by atoms with E-state index < -0.39 is 12.3 Å². The van der Waals surface area contributed by atoms with Crippen LogP contribution in [0.25, 0.3) is 11.1 Å². The summed E-state index contributed by atoms with van der Waals surface area (Å²) < 4.78 is 17.2. The van der Waals surface area contributed by atoms with E-state index in [1.54, 1.807) is 0 Å². The van der Waals surface area contributed by atoms with Gasteiger partial charge in [0.25, 0.3) is 0 Å². The maximum atomic E-state index is 12.6. The molecule has 2 atom stereocenters. The number of rotatable bonds is 8. The fourth-order valence-corrected chi connectivity index (χ4v) is 4.67. The maximum Gasteiger partial charge on any atom is 0.373 e. The Kier molecular flexibility index (Phi) is 6.80. The van der Waals surface area contributed by atoms with Crippen molar-refractivity contribution in [1.29, 1.82) is 0 Å². The number of carbonyl (C=O) groups excluding carboxylic acids is 1. The van der Waals surface area contributed by atoms with Crippen LogP contribution in [0.4, 0.5) is 0 Å². The fraction of sp³-hybridized carbons (Fsp3) is 0.233. The van der Waals surface area contributed by atoms with Gasteiger partial charge in [-0.15, -0.1) is 0 Å². The van der Waals surface area contributed by atoms with Crippen molar-refractivity contribution in [2.24, 2.45) is 0 Å². The van der Waals surface area contributed by atoms with Gasteiger partial charge < -0.3 is 19.3 Å². The molecule has 1 N–H and O–H groups in total. The highest BCUT2D eigenvalue weighted by atomic mass is 16.7. The molecule has 1 aliphatic carbocycles. The van der Waals surface area contributed by atoms with Crippen molar-refractivity contribution in [3.05, 3.63) is 119 Å². The first-order valence-electron chi connectivity index (χ1n) is 11.8. The summed E-state index contributed by atoms with van der Waals surface area (Å²) in [6.07, 6.45) is 4.26. The summed E-state index contributed by atoms with van der Waals surface area (Å²) in [5.74, 6) is -0.414. The zero-order valence-corrected chi connectivity index (χ0v) is 19.5. The number of benzene rings is 3. The van der Waals surface area contributed by atoms with Crippen molar-refractivity contribution in [2.45, 2.75) is 38.3 Å². The largest absolute Gasteiger partial charge is 0.458 e. The van der Waals surface area contributed by atoms with E-state index in [4.69, 9.17) is 14.2 Å². The molecule has 0 radical (unpaired) electrons. The van der Waals surface area contributed by atoms with Gasteiger partial charge in [-0.05, 0) is 51.4 Å². The third-order valence-corrected chi connectivity index (χ3v) is 6.48. The Balaban J connectivity index is 1.36. The molecule has 0 amide bonds. The van der Waals surface area contributed by atoms with Gasteiger partial charge in [0.2, 0.25) is 12.0 Å². The standard InChI is InChI=1S/C30H28O5/c1-2-13-33-30(32)28-16-24(17-29(35-28)34-19-21-9-7-20(18-31)8-10-21)22-11-12-27-25(14-22)15-23-5-3-4-6-26(23)27/h2-12,14,16,24,29,31H,1,13,15,17-19H2/t24-,29+/m1/s1. The van der Waals surface area contributed by atoms with Gasteiger partial charge in [0.15, 0.2) is 0 Å². The highest BCUT2D eigenvalue weighted by molar-refractivity contribution is 5.86. The van der Waals surface area contributed by atoms with Crippen molar-refractivity contribution in [3.8, 4) is 11.1 Å². The monoisotopic (exact) mass is 468 g/mol. The number of hydrogen-bond acceptors (Lipinski definition) is 5. The molecular weight excluding hydrogens is 440 g/mol. The van der Waals surface area contributed by atoms with Crippen LogP contribution in [0.3, 0.4) is 0 Å².